The predicted molar refractivity (Wildman–Crippen MR) is 180 cm³/mol. The van der Waals surface area contributed by atoms with E-state index in [2.05, 4.69) is 26.3 Å². The fourth-order valence-corrected chi connectivity index (χ4v) is 5.98. The fourth-order valence-electron chi connectivity index (χ4n) is 5.23. The summed E-state index contributed by atoms with van der Waals surface area (Å²) in [5.41, 5.74) is 1.04. The van der Waals surface area contributed by atoms with Crippen LogP contribution in [0, 0.1) is 11.8 Å². The number of halogens is 1. The van der Waals surface area contributed by atoms with Gasteiger partial charge in [0.2, 0.25) is 11.8 Å². The van der Waals surface area contributed by atoms with Crippen LogP contribution in [0.4, 0.5) is 0 Å². The van der Waals surface area contributed by atoms with Gasteiger partial charge in [-0.3, -0.25) is 24.0 Å². The van der Waals surface area contributed by atoms with E-state index in [1.54, 1.807) is 0 Å². The molecule has 3 amide bonds. The number of thiazole rings is 1. The van der Waals surface area contributed by atoms with Crippen LogP contribution < -0.4 is 21.3 Å². The Bertz CT molecular complexity index is 1300. The summed E-state index contributed by atoms with van der Waals surface area (Å²) in [6.07, 6.45) is 4.00. The summed E-state index contributed by atoms with van der Waals surface area (Å²) in [6, 6.07) is 7.49. The third kappa shape index (κ3) is 12.1. The molecule has 0 unspecified atom stereocenters. The van der Waals surface area contributed by atoms with E-state index in [1.807, 2.05) is 58.0 Å². The maximum absolute atomic E-state index is 13.5. The Labute approximate surface area is 281 Å². The SMILES string of the molecule is CC[C@H](C)[C@H](NC(=O)[C@H]1CCCCN1)C(=O)N[C@H](CC(=O)c1nc(C(=O)N[C@H](CCC(=O)O)Cc2ccccc2)cs1)C(C)C.Cl. The lowest BCUT2D eigenvalue weighted by molar-refractivity contribution is -0.137. The molecule has 11 nitrogen and oxygen atoms in total. The number of nitrogens with zero attached hydrogens (tertiary/aromatic N) is 1. The highest BCUT2D eigenvalue weighted by molar-refractivity contribution is 7.11. The number of aliphatic carboxylic acids is 1. The quantitative estimate of drug-likeness (QED) is 0.156. The molecule has 2 aromatic rings. The van der Waals surface area contributed by atoms with Crippen LogP contribution in [0.2, 0.25) is 0 Å². The number of carboxylic acids is 1. The molecule has 46 heavy (non-hydrogen) atoms. The average molecular weight is 678 g/mol. The molecule has 0 radical (unpaired) electrons. The highest BCUT2D eigenvalue weighted by Crippen LogP contribution is 2.18. The van der Waals surface area contributed by atoms with E-state index < -0.39 is 30.0 Å². The summed E-state index contributed by atoms with van der Waals surface area (Å²) >= 11 is 1.05. The number of carbonyl (C=O) groups is 5. The van der Waals surface area contributed by atoms with Gasteiger partial charge in [-0.25, -0.2) is 4.98 Å². The third-order valence-corrected chi connectivity index (χ3v) is 9.18. The molecule has 5 atom stereocenters. The van der Waals surface area contributed by atoms with Gasteiger partial charge in [-0.2, -0.15) is 0 Å². The maximum Gasteiger partial charge on any atom is 0.303 e. The Morgan fingerprint density at radius 2 is 1.76 bits per heavy atom. The Morgan fingerprint density at radius 3 is 2.37 bits per heavy atom. The number of carbonyl (C=O) groups excluding carboxylic acids is 4. The standard InChI is InChI=1S/C33H47N5O6S.ClH/c1-5-21(4)29(38-30(42)24-13-9-10-16-34-24)32(44)36-25(20(2)3)18-27(39)33-37-26(19-45-33)31(43)35-23(14-15-28(40)41)17-22-11-7-6-8-12-22;/h6-8,11-12,19-21,23-25,29,34H,5,9-10,13-18H2,1-4H3,(H,35,43)(H,36,44)(H,38,42)(H,40,41);1H/t21-,23+,24+,25+,29-;/m0./s1. The summed E-state index contributed by atoms with van der Waals surface area (Å²) in [4.78, 5) is 68.2. The molecule has 0 aliphatic carbocycles. The van der Waals surface area contributed by atoms with Gasteiger partial charge in [0.25, 0.3) is 5.91 Å². The maximum atomic E-state index is 13.5. The minimum absolute atomic E-state index is 0. The molecular formula is C33H48ClN5O6S. The number of carboxylic acid groups (broad SMARTS) is 1. The molecule has 1 aliphatic rings. The fraction of sp³-hybridized carbons (Fsp3) is 0.576. The first-order valence-corrected chi connectivity index (χ1v) is 16.8. The Hall–Kier alpha value is -3.35. The van der Waals surface area contributed by atoms with Crippen LogP contribution in [0.5, 0.6) is 0 Å². The van der Waals surface area contributed by atoms with Gasteiger partial charge in [0, 0.05) is 30.3 Å². The van der Waals surface area contributed by atoms with Crippen molar-refractivity contribution < 1.29 is 29.1 Å². The lowest BCUT2D eigenvalue weighted by atomic mass is 9.94. The second kappa shape index (κ2) is 19.3. The van der Waals surface area contributed by atoms with Crippen molar-refractivity contribution in [3.05, 3.63) is 52.0 Å². The van der Waals surface area contributed by atoms with E-state index in [4.69, 9.17) is 5.11 Å². The van der Waals surface area contributed by atoms with Crippen molar-refractivity contribution >= 4 is 53.2 Å². The Balaban J connectivity index is 0.00000736. The molecule has 0 spiro atoms. The van der Waals surface area contributed by atoms with Crippen LogP contribution in [0.3, 0.4) is 0 Å². The van der Waals surface area contributed by atoms with Crippen molar-refractivity contribution in [1.29, 1.82) is 0 Å². The normalized spacial score (nSPS) is 17.1. The molecule has 1 aromatic heterocycles. The van der Waals surface area contributed by atoms with Crippen LogP contribution in [-0.4, -0.2) is 70.3 Å². The van der Waals surface area contributed by atoms with Gasteiger partial charge in [0.1, 0.15) is 11.7 Å². The number of hydrogen-bond donors (Lipinski definition) is 5. The number of hydrogen-bond acceptors (Lipinski definition) is 8. The molecule has 3 rings (SSSR count). The van der Waals surface area contributed by atoms with Gasteiger partial charge in [-0.05, 0) is 49.6 Å². The van der Waals surface area contributed by atoms with Crippen molar-refractivity contribution in [2.24, 2.45) is 11.8 Å². The van der Waals surface area contributed by atoms with Gasteiger partial charge in [-0.1, -0.05) is 70.9 Å². The minimum atomic E-state index is -0.949. The van der Waals surface area contributed by atoms with E-state index in [9.17, 15) is 24.0 Å². The molecule has 1 saturated heterocycles. The van der Waals surface area contributed by atoms with Crippen LogP contribution in [0.25, 0.3) is 0 Å². The number of ketones is 1. The van der Waals surface area contributed by atoms with Crippen molar-refractivity contribution in [2.75, 3.05) is 6.54 Å². The zero-order chi connectivity index (χ0) is 32.9. The van der Waals surface area contributed by atoms with Crippen LogP contribution >= 0.6 is 23.7 Å². The largest absolute Gasteiger partial charge is 0.481 e. The number of Topliss-reactive ketones (excluding diaryl/α,β-unsaturated/α-hetero) is 1. The van der Waals surface area contributed by atoms with Crippen molar-refractivity contribution in [3.8, 4) is 0 Å². The van der Waals surface area contributed by atoms with Gasteiger partial charge in [-0.15, -0.1) is 23.7 Å². The van der Waals surface area contributed by atoms with Gasteiger partial charge in [0.05, 0.1) is 6.04 Å². The second-order valence-electron chi connectivity index (χ2n) is 12.2. The van der Waals surface area contributed by atoms with Crippen molar-refractivity contribution in [2.45, 2.75) is 103 Å². The number of aromatic nitrogens is 1. The van der Waals surface area contributed by atoms with E-state index in [1.165, 1.54) is 5.38 Å². The zero-order valence-corrected chi connectivity index (χ0v) is 28.7. The smallest absolute Gasteiger partial charge is 0.303 e. The zero-order valence-electron chi connectivity index (χ0n) is 27.0. The Morgan fingerprint density at radius 1 is 1.04 bits per heavy atom. The molecule has 1 aliphatic heterocycles. The molecule has 0 bridgehead atoms. The van der Waals surface area contributed by atoms with Gasteiger partial charge in [0.15, 0.2) is 10.8 Å². The molecule has 1 aromatic carbocycles. The summed E-state index contributed by atoms with van der Waals surface area (Å²) in [6.45, 7) is 8.47. The summed E-state index contributed by atoms with van der Waals surface area (Å²) in [7, 11) is 0. The number of benzene rings is 1. The first-order chi connectivity index (χ1) is 21.5. The van der Waals surface area contributed by atoms with Crippen molar-refractivity contribution in [3.63, 3.8) is 0 Å². The minimum Gasteiger partial charge on any atom is -0.481 e. The summed E-state index contributed by atoms with van der Waals surface area (Å²) < 4.78 is 0. The number of piperidine rings is 1. The Kier molecular flexibility index (Phi) is 16.3. The molecule has 254 valence electrons. The third-order valence-electron chi connectivity index (χ3n) is 8.30. The first kappa shape index (κ1) is 38.8. The van der Waals surface area contributed by atoms with Gasteiger partial charge >= 0.3 is 5.97 Å². The molecule has 0 saturated carbocycles. The second-order valence-corrected chi connectivity index (χ2v) is 13.0. The van der Waals surface area contributed by atoms with Gasteiger partial charge < -0.3 is 26.4 Å². The topological polar surface area (TPSA) is 167 Å². The highest BCUT2D eigenvalue weighted by Gasteiger charge is 2.32. The lowest BCUT2D eigenvalue weighted by Gasteiger charge is -2.30. The number of amides is 3. The summed E-state index contributed by atoms with van der Waals surface area (Å²) in [5, 5.41) is 22.9. The average Bonchev–Trinajstić information content (AvgIpc) is 3.53. The molecule has 5 N–H and O–H groups in total. The van der Waals surface area contributed by atoms with E-state index in [-0.39, 0.29) is 77.8 Å². The van der Waals surface area contributed by atoms with E-state index >= 15 is 0 Å². The monoisotopic (exact) mass is 677 g/mol. The van der Waals surface area contributed by atoms with E-state index in [0.29, 0.717) is 12.8 Å². The molecule has 13 heteroatoms. The summed E-state index contributed by atoms with van der Waals surface area (Å²) in [5.74, 6) is -2.44. The molecule has 2 heterocycles. The number of nitrogens with one attached hydrogen (secondary N) is 4. The van der Waals surface area contributed by atoms with Crippen LogP contribution in [-0.2, 0) is 20.8 Å². The van der Waals surface area contributed by atoms with Crippen LogP contribution in [0.15, 0.2) is 35.7 Å². The van der Waals surface area contributed by atoms with Crippen LogP contribution in [0.1, 0.15) is 98.5 Å². The first-order valence-electron chi connectivity index (χ1n) is 15.9. The predicted octanol–water partition coefficient (Wildman–Crippen LogP) is 4.16. The number of rotatable bonds is 17. The van der Waals surface area contributed by atoms with E-state index in [0.717, 1.165) is 42.7 Å². The van der Waals surface area contributed by atoms with Crippen molar-refractivity contribution in [1.82, 2.24) is 26.3 Å². The highest BCUT2D eigenvalue weighted by atomic mass is 35.5. The molecular weight excluding hydrogens is 630 g/mol. The lowest BCUT2D eigenvalue weighted by Crippen LogP contribution is -2.57. The molecule has 1 fully saturated rings.